The number of rotatable bonds is 5. The highest BCUT2D eigenvalue weighted by Crippen LogP contribution is 2.29. The van der Waals surface area contributed by atoms with E-state index in [1.54, 1.807) is 6.07 Å². The molecule has 0 N–H and O–H groups in total. The summed E-state index contributed by atoms with van der Waals surface area (Å²) in [5.74, 6) is 0.0324. The van der Waals surface area contributed by atoms with Gasteiger partial charge >= 0.3 is 0 Å². The molecule has 0 aromatic heterocycles. The molecule has 0 atom stereocenters. The minimum Gasteiger partial charge on any atom is -0.368 e. The summed E-state index contributed by atoms with van der Waals surface area (Å²) in [6, 6.07) is 15.4. The Labute approximate surface area is 164 Å². The molecule has 0 saturated carbocycles. The lowest BCUT2D eigenvalue weighted by atomic mass is 10.2. The van der Waals surface area contributed by atoms with Crippen molar-refractivity contribution in [1.82, 2.24) is 4.90 Å². The van der Waals surface area contributed by atoms with E-state index in [1.165, 1.54) is 0 Å². The first kappa shape index (κ1) is 19.0. The van der Waals surface area contributed by atoms with Crippen molar-refractivity contribution in [3.8, 4) is 0 Å². The third-order valence-electron chi connectivity index (χ3n) is 4.44. The maximum atomic E-state index is 12.4. The van der Waals surface area contributed by atoms with Gasteiger partial charge in [-0.25, -0.2) is 0 Å². The number of amides is 1. The molecule has 2 aromatic rings. The maximum Gasteiger partial charge on any atom is 0.248 e. The number of ether oxygens (including phenoxy) is 1. The van der Waals surface area contributed by atoms with Crippen LogP contribution in [0.3, 0.4) is 0 Å². The van der Waals surface area contributed by atoms with Crippen LogP contribution >= 0.6 is 23.2 Å². The zero-order valence-corrected chi connectivity index (χ0v) is 16.0. The number of anilines is 1. The molecule has 2 aromatic carbocycles. The minimum absolute atomic E-state index is 0.0324. The average molecular weight is 393 g/mol. The molecule has 1 aliphatic heterocycles. The normalized spacial score (nSPS) is 15.0. The van der Waals surface area contributed by atoms with Crippen LogP contribution in [0.2, 0.25) is 10.0 Å². The number of carbonyl (C=O) groups excluding carboxylic acids is 1. The molecular formula is C20H22Cl2N2O2. The highest BCUT2D eigenvalue weighted by atomic mass is 35.5. The number of benzene rings is 2. The monoisotopic (exact) mass is 392 g/mol. The Morgan fingerprint density at radius 2 is 1.81 bits per heavy atom. The molecular weight excluding hydrogens is 371 g/mol. The summed E-state index contributed by atoms with van der Waals surface area (Å²) in [7, 11) is 0. The van der Waals surface area contributed by atoms with Gasteiger partial charge in [-0.2, -0.15) is 0 Å². The molecule has 1 aliphatic rings. The van der Waals surface area contributed by atoms with E-state index < -0.39 is 0 Å². The third kappa shape index (κ3) is 5.13. The number of halogens is 2. The molecule has 0 bridgehead atoms. The second-order valence-electron chi connectivity index (χ2n) is 6.30. The second kappa shape index (κ2) is 9.26. The van der Waals surface area contributed by atoms with Gasteiger partial charge in [0.15, 0.2) is 0 Å². The SMILES string of the molecule is O=C(COCc1ccccc1)N1CCCN(c2ccc(Cl)cc2Cl)CC1. The van der Waals surface area contributed by atoms with Gasteiger partial charge in [0.1, 0.15) is 6.61 Å². The quantitative estimate of drug-likeness (QED) is 0.762. The Kier molecular flexibility index (Phi) is 6.78. The smallest absolute Gasteiger partial charge is 0.248 e. The van der Waals surface area contributed by atoms with Gasteiger partial charge in [-0.05, 0) is 30.2 Å². The highest BCUT2D eigenvalue weighted by molar-refractivity contribution is 6.36. The Morgan fingerprint density at radius 1 is 1.00 bits per heavy atom. The van der Waals surface area contributed by atoms with E-state index in [-0.39, 0.29) is 12.5 Å². The predicted octanol–water partition coefficient (Wildman–Crippen LogP) is 4.25. The fraction of sp³-hybridized carbons (Fsp3) is 0.350. The van der Waals surface area contributed by atoms with Crippen LogP contribution < -0.4 is 4.90 Å². The molecule has 0 spiro atoms. The molecule has 6 heteroatoms. The van der Waals surface area contributed by atoms with Crippen LogP contribution in [0, 0.1) is 0 Å². The summed E-state index contributed by atoms with van der Waals surface area (Å²) >= 11 is 12.3. The first-order valence-electron chi connectivity index (χ1n) is 8.73. The minimum atomic E-state index is 0.0324. The molecule has 3 rings (SSSR count). The number of carbonyl (C=O) groups is 1. The van der Waals surface area contributed by atoms with Crippen molar-refractivity contribution in [2.24, 2.45) is 0 Å². The van der Waals surface area contributed by atoms with E-state index >= 15 is 0 Å². The predicted molar refractivity (Wildman–Crippen MR) is 106 cm³/mol. The largest absolute Gasteiger partial charge is 0.368 e. The maximum absolute atomic E-state index is 12.4. The zero-order chi connectivity index (χ0) is 18.4. The van der Waals surface area contributed by atoms with Crippen molar-refractivity contribution in [2.75, 3.05) is 37.7 Å². The van der Waals surface area contributed by atoms with Crippen molar-refractivity contribution in [3.05, 3.63) is 64.1 Å². The van der Waals surface area contributed by atoms with Crippen molar-refractivity contribution in [2.45, 2.75) is 13.0 Å². The Hall–Kier alpha value is -1.75. The van der Waals surface area contributed by atoms with E-state index in [0.29, 0.717) is 23.2 Å². The summed E-state index contributed by atoms with van der Waals surface area (Å²) < 4.78 is 5.58. The average Bonchev–Trinajstić information content (AvgIpc) is 2.89. The molecule has 26 heavy (non-hydrogen) atoms. The summed E-state index contributed by atoms with van der Waals surface area (Å²) in [5, 5.41) is 1.27. The fourth-order valence-corrected chi connectivity index (χ4v) is 3.60. The summed E-state index contributed by atoms with van der Waals surface area (Å²) in [4.78, 5) is 16.5. The molecule has 138 valence electrons. The van der Waals surface area contributed by atoms with Crippen LogP contribution in [0.1, 0.15) is 12.0 Å². The number of hydrogen-bond donors (Lipinski definition) is 0. The van der Waals surface area contributed by atoms with Crippen LogP contribution in [0.4, 0.5) is 5.69 Å². The van der Waals surface area contributed by atoms with E-state index in [1.807, 2.05) is 47.4 Å². The summed E-state index contributed by atoms with van der Waals surface area (Å²) in [5.41, 5.74) is 2.03. The fourth-order valence-electron chi connectivity index (χ4n) is 3.07. The van der Waals surface area contributed by atoms with Crippen LogP contribution in [-0.2, 0) is 16.1 Å². The lowest BCUT2D eigenvalue weighted by Gasteiger charge is -2.24. The van der Waals surface area contributed by atoms with E-state index in [2.05, 4.69) is 4.90 Å². The van der Waals surface area contributed by atoms with Crippen molar-refractivity contribution in [3.63, 3.8) is 0 Å². The first-order chi connectivity index (χ1) is 12.6. The molecule has 1 amide bonds. The molecule has 4 nitrogen and oxygen atoms in total. The second-order valence-corrected chi connectivity index (χ2v) is 7.14. The van der Waals surface area contributed by atoms with Gasteiger partial charge in [-0.3, -0.25) is 4.79 Å². The van der Waals surface area contributed by atoms with Crippen molar-refractivity contribution < 1.29 is 9.53 Å². The van der Waals surface area contributed by atoms with Gasteiger partial charge in [-0.1, -0.05) is 53.5 Å². The van der Waals surface area contributed by atoms with E-state index in [4.69, 9.17) is 27.9 Å². The van der Waals surface area contributed by atoms with Crippen LogP contribution in [-0.4, -0.2) is 43.6 Å². The number of nitrogens with zero attached hydrogens (tertiary/aromatic N) is 2. The van der Waals surface area contributed by atoms with Crippen molar-refractivity contribution >= 4 is 34.8 Å². The highest BCUT2D eigenvalue weighted by Gasteiger charge is 2.20. The van der Waals surface area contributed by atoms with Gasteiger partial charge < -0.3 is 14.5 Å². The van der Waals surface area contributed by atoms with Gasteiger partial charge in [0, 0.05) is 31.2 Å². The molecule has 1 fully saturated rings. The molecule has 0 radical (unpaired) electrons. The Morgan fingerprint density at radius 3 is 2.58 bits per heavy atom. The number of hydrogen-bond acceptors (Lipinski definition) is 3. The first-order valence-corrected chi connectivity index (χ1v) is 9.48. The molecule has 1 heterocycles. The lowest BCUT2D eigenvalue weighted by molar-refractivity contribution is -0.136. The van der Waals surface area contributed by atoms with Gasteiger partial charge in [0.05, 0.1) is 17.3 Å². The molecule has 1 saturated heterocycles. The summed E-state index contributed by atoms with van der Waals surface area (Å²) in [6.45, 7) is 3.55. The van der Waals surface area contributed by atoms with Gasteiger partial charge in [0.2, 0.25) is 5.91 Å². The standard InChI is InChI=1S/C20H22Cl2N2O2/c21-17-7-8-19(18(22)13-17)23-9-4-10-24(12-11-23)20(25)15-26-14-16-5-2-1-3-6-16/h1-3,5-8,13H,4,9-12,14-15H2. The third-order valence-corrected chi connectivity index (χ3v) is 4.97. The summed E-state index contributed by atoms with van der Waals surface area (Å²) in [6.07, 6.45) is 0.892. The van der Waals surface area contributed by atoms with Crippen LogP contribution in [0.5, 0.6) is 0 Å². The van der Waals surface area contributed by atoms with Gasteiger partial charge in [-0.15, -0.1) is 0 Å². The topological polar surface area (TPSA) is 32.8 Å². The molecule has 0 aliphatic carbocycles. The van der Waals surface area contributed by atoms with Gasteiger partial charge in [0.25, 0.3) is 0 Å². The molecule has 0 unspecified atom stereocenters. The van der Waals surface area contributed by atoms with E-state index in [0.717, 1.165) is 37.3 Å². The zero-order valence-electron chi connectivity index (χ0n) is 14.5. The lowest BCUT2D eigenvalue weighted by Crippen LogP contribution is -2.37. The van der Waals surface area contributed by atoms with Crippen LogP contribution in [0.15, 0.2) is 48.5 Å². The van der Waals surface area contributed by atoms with E-state index in [9.17, 15) is 4.79 Å². The Bertz CT molecular complexity index is 740. The van der Waals surface area contributed by atoms with Crippen molar-refractivity contribution in [1.29, 1.82) is 0 Å². The van der Waals surface area contributed by atoms with Crippen LogP contribution in [0.25, 0.3) is 0 Å². The Balaban J connectivity index is 1.50.